The molecular formula is C46H56Cl2SiZr-2. The summed E-state index contributed by atoms with van der Waals surface area (Å²) < 4.78 is 0. The van der Waals surface area contributed by atoms with Gasteiger partial charge < -0.3 is 24.8 Å². The number of fused-ring (bicyclic) bond motifs is 2. The van der Waals surface area contributed by atoms with Crippen molar-refractivity contribution in [1.82, 2.24) is 0 Å². The molecule has 4 heteroatoms. The average Bonchev–Trinajstić information content (AvgIpc) is 3.58. The zero-order valence-electron chi connectivity index (χ0n) is 32.6. The van der Waals surface area contributed by atoms with Gasteiger partial charge in [0.25, 0.3) is 0 Å². The summed E-state index contributed by atoms with van der Waals surface area (Å²) in [4.78, 5) is 0. The van der Waals surface area contributed by atoms with Crippen molar-refractivity contribution in [2.24, 2.45) is 0 Å². The Kier molecular flexibility index (Phi) is 15.8. The van der Waals surface area contributed by atoms with Gasteiger partial charge in [0.15, 0.2) is 0 Å². The minimum Gasteiger partial charge on any atom is -1.00 e. The minimum absolute atomic E-state index is 0. The van der Waals surface area contributed by atoms with Crippen molar-refractivity contribution in [3.8, 4) is 22.3 Å². The topological polar surface area (TPSA) is 0 Å². The molecule has 0 unspecified atom stereocenters. The maximum atomic E-state index is 2.37. The second kappa shape index (κ2) is 18.0. The summed E-state index contributed by atoms with van der Waals surface area (Å²) in [5.41, 5.74) is 14.1. The molecule has 6 aromatic rings. The van der Waals surface area contributed by atoms with Crippen molar-refractivity contribution in [3.05, 3.63) is 130 Å². The summed E-state index contributed by atoms with van der Waals surface area (Å²) >= 11 is 1.74. The van der Waals surface area contributed by atoms with E-state index in [0.29, 0.717) is 5.92 Å². The van der Waals surface area contributed by atoms with Crippen molar-refractivity contribution in [2.75, 3.05) is 0 Å². The Balaban J connectivity index is 0.000000303. The summed E-state index contributed by atoms with van der Waals surface area (Å²) in [6, 6.07) is 36.6. The van der Waals surface area contributed by atoms with Crippen LogP contribution < -0.4 is 24.8 Å². The standard InChI is InChI=1S/C23H27.C21H23.C2H6Si.2ClH.Zr/c1-15(2)18-13-19-11-16(3)12-21(22(19)14-18)17-7-9-20(10-8-17)23(4,5)6;1-14-10-17-11-15(2)13-20(17)19(12-14)16-6-8-18(9-7-16)21(3,4)5;1-3-2;;;/h7-15H,1-6H3;6-13H,1-5H3;1-2H3;2*1H;/q2*-1;;;;+2/p-2. The molecule has 0 aliphatic heterocycles. The molecule has 6 rings (SSSR count). The van der Waals surface area contributed by atoms with Crippen LogP contribution in [-0.2, 0) is 34.2 Å². The van der Waals surface area contributed by atoms with E-state index in [0.717, 1.165) is 0 Å². The summed E-state index contributed by atoms with van der Waals surface area (Å²) in [5.74, 6) is 0.568. The number of rotatable bonds is 3. The first kappa shape index (κ1) is 43.9. The molecule has 0 saturated heterocycles. The first-order valence-electron chi connectivity index (χ1n) is 17.5. The molecule has 0 aromatic heterocycles. The minimum atomic E-state index is 0. The molecule has 0 amide bonds. The third kappa shape index (κ3) is 11.4. The molecule has 0 bridgehead atoms. The molecule has 0 nitrogen and oxygen atoms in total. The van der Waals surface area contributed by atoms with E-state index >= 15 is 0 Å². The van der Waals surface area contributed by atoms with Crippen LogP contribution in [0.1, 0.15) is 94.7 Å². The van der Waals surface area contributed by atoms with Crippen molar-refractivity contribution < 1.29 is 48.1 Å². The summed E-state index contributed by atoms with van der Waals surface area (Å²) in [6.07, 6.45) is 0. The first-order valence-corrected chi connectivity index (χ1v) is 23.6. The van der Waals surface area contributed by atoms with Gasteiger partial charge in [0.2, 0.25) is 0 Å². The van der Waals surface area contributed by atoms with Gasteiger partial charge in [-0.15, -0.1) is 56.9 Å². The van der Waals surface area contributed by atoms with E-state index in [1.165, 1.54) is 77.2 Å². The van der Waals surface area contributed by atoms with E-state index in [1.807, 2.05) is 0 Å². The van der Waals surface area contributed by atoms with Gasteiger partial charge in [-0.1, -0.05) is 145 Å². The molecule has 0 spiro atoms. The van der Waals surface area contributed by atoms with Crippen LogP contribution in [0.3, 0.4) is 0 Å². The van der Waals surface area contributed by atoms with E-state index < -0.39 is 0 Å². The zero-order valence-corrected chi connectivity index (χ0v) is 37.5. The molecule has 0 heterocycles. The number of hydrogen-bond acceptors (Lipinski definition) is 0. The Morgan fingerprint density at radius 1 is 0.560 bits per heavy atom. The van der Waals surface area contributed by atoms with Crippen LogP contribution >= 0.6 is 0 Å². The zero-order chi connectivity index (χ0) is 35.6. The Morgan fingerprint density at radius 3 is 1.28 bits per heavy atom. The van der Waals surface area contributed by atoms with E-state index in [2.05, 4.69) is 186 Å². The normalized spacial score (nSPS) is 11.3. The molecular weight excluding hydrogens is 743 g/mol. The van der Waals surface area contributed by atoms with Crippen LogP contribution in [0, 0.1) is 20.8 Å². The van der Waals surface area contributed by atoms with Crippen molar-refractivity contribution in [1.29, 1.82) is 0 Å². The summed E-state index contributed by atoms with van der Waals surface area (Å²) in [7, 11) is 0. The Bertz CT molecular complexity index is 2000. The molecule has 0 aliphatic rings. The fraction of sp³-hybridized carbons (Fsp3) is 0.348. The van der Waals surface area contributed by atoms with E-state index in [4.69, 9.17) is 0 Å². The van der Waals surface area contributed by atoms with Gasteiger partial charge in [0.05, 0.1) is 0 Å². The molecule has 0 atom stereocenters. The maximum absolute atomic E-state index is 2.37. The number of halogens is 2. The van der Waals surface area contributed by atoms with Gasteiger partial charge in [-0.05, 0) is 52.8 Å². The SMILES string of the molecule is C[Si](C)=[Zr+2].Cc1cc(-c2ccc(C(C)(C)C)cc2)c2cc(C(C)C)[cH-]c2c1.Cc1cc(-c2ccc(C(C)(C)C)cc2)c2cc(C)[cH-]c2c1.[Cl-].[Cl-]. The fourth-order valence-corrected chi connectivity index (χ4v) is 6.23. The van der Waals surface area contributed by atoms with Gasteiger partial charge in [-0.25, -0.2) is 0 Å². The molecule has 0 radical (unpaired) electrons. The second-order valence-corrected chi connectivity index (χ2v) is 25.6. The van der Waals surface area contributed by atoms with Crippen LogP contribution in [0.4, 0.5) is 0 Å². The van der Waals surface area contributed by atoms with E-state index in [-0.39, 0.29) is 41.1 Å². The predicted molar refractivity (Wildman–Crippen MR) is 213 cm³/mol. The molecule has 0 saturated carbocycles. The van der Waals surface area contributed by atoms with Gasteiger partial charge in [0.1, 0.15) is 0 Å². The van der Waals surface area contributed by atoms with Crippen LogP contribution in [0.5, 0.6) is 0 Å². The quantitative estimate of drug-likeness (QED) is 0.126. The monoisotopic (exact) mass is 796 g/mol. The Morgan fingerprint density at radius 2 is 0.920 bits per heavy atom. The van der Waals surface area contributed by atoms with Crippen LogP contribution in [-0.4, -0.2) is 5.43 Å². The maximum Gasteiger partial charge on any atom is -0.0132 e. The van der Waals surface area contributed by atoms with Gasteiger partial charge in [0, 0.05) is 0 Å². The largest absolute Gasteiger partial charge is 1.00 e. The van der Waals surface area contributed by atoms with E-state index in [1.54, 1.807) is 23.3 Å². The van der Waals surface area contributed by atoms with Crippen LogP contribution in [0.2, 0.25) is 13.1 Å². The van der Waals surface area contributed by atoms with Crippen LogP contribution in [0.25, 0.3) is 43.8 Å². The predicted octanol–water partition coefficient (Wildman–Crippen LogP) is 7.89. The molecule has 50 heavy (non-hydrogen) atoms. The number of aryl methyl sites for hydroxylation is 3. The molecule has 6 aromatic carbocycles. The third-order valence-corrected chi connectivity index (χ3v) is 8.89. The Labute approximate surface area is 331 Å². The fourth-order valence-electron chi connectivity index (χ4n) is 6.23. The summed E-state index contributed by atoms with van der Waals surface area (Å²) in [6.45, 7) is 29.2. The summed E-state index contributed by atoms with van der Waals surface area (Å²) in [5, 5.41) is 5.45. The van der Waals surface area contributed by atoms with Crippen molar-refractivity contribution >= 4 is 27.0 Å². The van der Waals surface area contributed by atoms with Crippen molar-refractivity contribution in [2.45, 2.75) is 106 Å². The first-order chi connectivity index (χ1) is 22.3. The van der Waals surface area contributed by atoms with Crippen molar-refractivity contribution in [3.63, 3.8) is 0 Å². The molecule has 0 aliphatic carbocycles. The molecule has 0 fully saturated rings. The number of benzene rings is 4. The van der Waals surface area contributed by atoms with E-state index in [9.17, 15) is 0 Å². The number of hydrogen-bond donors (Lipinski definition) is 0. The van der Waals surface area contributed by atoms with Crippen LogP contribution in [0.15, 0.2) is 97.1 Å². The average molecular weight is 799 g/mol. The third-order valence-electron chi connectivity index (χ3n) is 8.89. The Hall–Kier alpha value is -2.22. The van der Waals surface area contributed by atoms with Gasteiger partial charge >= 0.3 is 41.9 Å². The molecule has 264 valence electrons. The van der Waals surface area contributed by atoms with Gasteiger partial charge in [-0.2, -0.15) is 12.1 Å². The smallest absolute Gasteiger partial charge is 0.0132 e. The van der Waals surface area contributed by atoms with Gasteiger partial charge in [-0.3, -0.25) is 0 Å². The second-order valence-electron chi connectivity index (χ2n) is 16.3. The molecule has 0 N–H and O–H groups in total.